The molecule has 0 aromatic carbocycles. The molecule has 1 unspecified atom stereocenters. The number of hydrogen-bond donors (Lipinski definition) is 1. The van der Waals surface area contributed by atoms with Crippen LogP contribution in [-0.4, -0.2) is 29.9 Å². The van der Waals surface area contributed by atoms with E-state index in [1.54, 1.807) is 24.2 Å². The Hall–Kier alpha value is -1.07. The Morgan fingerprint density at radius 1 is 1.56 bits per heavy atom. The summed E-state index contributed by atoms with van der Waals surface area (Å²) in [5.74, 6) is 1.42. The molecule has 0 aliphatic carbocycles. The van der Waals surface area contributed by atoms with Crippen LogP contribution in [-0.2, 0) is 15.3 Å². The zero-order chi connectivity index (χ0) is 11.8. The minimum absolute atomic E-state index is 0.343. The van der Waals surface area contributed by atoms with Gasteiger partial charge in [-0.2, -0.15) is 11.8 Å². The number of thioether (sulfide) groups is 1. The normalized spacial score (nSPS) is 12.1. The average Bonchev–Trinajstić information content (AvgIpc) is 2.34. The molecule has 5 heteroatoms. The summed E-state index contributed by atoms with van der Waals surface area (Å²) in [6.45, 7) is 0. The fourth-order valence-electron chi connectivity index (χ4n) is 1.15. The predicted molar refractivity (Wildman–Crippen MR) is 65.0 cm³/mol. The third kappa shape index (κ3) is 4.63. The summed E-state index contributed by atoms with van der Waals surface area (Å²) in [6.07, 6.45) is 4.19. The van der Waals surface area contributed by atoms with Crippen LogP contribution in [0.5, 0.6) is 0 Å². The number of pyridine rings is 1. The third-order valence-corrected chi connectivity index (χ3v) is 3.16. The van der Waals surface area contributed by atoms with Crippen molar-refractivity contribution in [1.29, 1.82) is 0 Å². The maximum atomic E-state index is 11.0. The zero-order valence-corrected chi connectivity index (χ0v) is 10.1. The Bertz CT molecular complexity index is 319. The van der Waals surface area contributed by atoms with Crippen molar-refractivity contribution in [3.8, 4) is 0 Å². The highest BCUT2D eigenvalue weighted by molar-refractivity contribution is 7.98. The Kier molecular flexibility index (Phi) is 5.88. The molecule has 4 nitrogen and oxygen atoms in total. The molecule has 88 valence electrons. The van der Waals surface area contributed by atoms with Crippen molar-refractivity contribution in [2.24, 2.45) is 5.73 Å². The van der Waals surface area contributed by atoms with Gasteiger partial charge in [0.05, 0.1) is 7.11 Å². The molecule has 2 N–H and O–H groups in total. The van der Waals surface area contributed by atoms with Crippen LogP contribution >= 0.6 is 11.8 Å². The summed E-state index contributed by atoms with van der Waals surface area (Å²) in [7, 11) is 1.35. The Labute approximate surface area is 99.6 Å². The molecule has 0 amide bonds. The number of rotatable bonds is 6. The second-order valence-electron chi connectivity index (χ2n) is 3.33. The molecular formula is C11H16N2O2S. The van der Waals surface area contributed by atoms with Gasteiger partial charge in [-0.1, -0.05) is 0 Å². The van der Waals surface area contributed by atoms with Gasteiger partial charge < -0.3 is 10.5 Å². The number of esters is 1. The number of nitrogens with zero attached hydrogens (tertiary/aromatic N) is 1. The minimum Gasteiger partial charge on any atom is -0.468 e. The predicted octanol–water partition coefficient (Wildman–Crippen LogP) is 1.21. The van der Waals surface area contributed by atoms with Crippen molar-refractivity contribution >= 4 is 17.7 Å². The van der Waals surface area contributed by atoms with Crippen LogP contribution in [0.25, 0.3) is 0 Å². The van der Waals surface area contributed by atoms with Crippen LogP contribution in [0.15, 0.2) is 24.5 Å². The molecule has 1 aromatic heterocycles. The van der Waals surface area contributed by atoms with E-state index >= 15 is 0 Å². The third-order valence-electron chi connectivity index (χ3n) is 2.10. The fourth-order valence-corrected chi connectivity index (χ4v) is 2.14. The molecule has 1 atom stereocenters. The smallest absolute Gasteiger partial charge is 0.322 e. The number of hydrogen-bond acceptors (Lipinski definition) is 5. The van der Waals surface area contributed by atoms with Crippen LogP contribution in [0.3, 0.4) is 0 Å². The lowest BCUT2D eigenvalue weighted by Gasteiger charge is -2.08. The number of nitrogens with two attached hydrogens (primary N) is 1. The maximum absolute atomic E-state index is 11.0. The van der Waals surface area contributed by atoms with Crippen molar-refractivity contribution in [3.05, 3.63) is 30.1 Å². The van der Waals surface area contributed by atoms with Crippen LogP contribution in [0.1, 0.15) is 12.0 Å². The molecule has 0 saturated heterocycles. The van der Waals surface area contributed by atoms with Crippen LogP contribution in [0, 0.1) is 0 Å². The van der Waals surface area contributed by atoms with Crippen molar-refractivity contribution in [2.45, 2.75) is 18.2 Å². The zero-order valence-electron chi connectivity index (χ0n) is 9.26. The quantitative estimate of drug-likeness (QED) is 0.598. The van der Waals surface area contributed by atoms with E-state index in [1.165, 1.54) is 12.7 Å². The number of aromatic nitrogens is 1. The lowest BCUT2D eigenvalue weighted by molar-refractivity contribution is -0.142. The molecular weight excluding hydrogens is 224 g/mol. The van der Waals surface area contributed by atoms with Gasteiger partial charge in [-0.25, -0.2) is 0 Å². The second kappa shape index (κ2) is 7.24. The van der Waals surface area contributed by atoms with Gasteiger partial charge in [-0.05, 0) is 29.9 Å². The first-order valence-corrected chi connectivity index (χ1v) is 6.19. The second-order valence-corrected chi connectivity index (χ2v) is 4.43. The van der Waals surface area contributed by atoms with Gasteiger partial charge in [0.1, 0.15) is 6.04 Å². The fraction of sp³-hybridized carbons (Fsp3) is 0.455. The first kappa shape index (κ1) is 13.0. The van der Waals surface area contributed by atoms with Crippen LogP contribution < -0.4 is 5.73 Å². The van der Waals surface area contributed by atoms with Gasteiger partial charge >= 0.3 is 5.97 Å². The molecule has 0 bridgehead atoms. The van der Waals surface area contributed by atoms with Crippen molar-refractivity contribution in [2.75, 3.05) is 12.9 Å². The number of ether oxygens (including phenoxy) is 1. The van der Waals surface area contributed by atoms with E-state index in [4.69, 9.17) is 5.73 Å². The highest BCUT2D eigenvalue weighted by atomic mass is 32.2. The van der Waals surface area contributed by atoms with Gasteiger partial charge in [0.2, 0.25) is 0 Å². The Morgan fingerprint density at radius 2 is 2.25 bits per heavy atom. The lowest BCUT2D eigenvalue weighted by atomic mass is 10.2. The molecule has 0 aliphatic heterocycles. The summed E-state index contributed by atoms with van der Waals surface area (Å²) < 4.78 is 4.55. The largest absolute Gasteiger partial charge is 0.468 e. The highest BCUT2D eigenvalue weighted by Crippen LogP contribution is 2.12. The number of carbonyl (C=O) groups excluding carboxylic acids is 1. The number of carbonyl (C=O) groups is 1. The molecule has 1 rings (SSSR count). The lowest BCUT2D eigenvalue weighted by Crippen LogP contribution is -2.31. The summed E-state index contributed by atoms with van der Waals surface area (Å²) in [5.41, 5.74) is 6.84. The van der Waals surface area contributed by atoms with Gasteiger partial charge in [-0.3, -0.25) is 9.78 Å². The van der Waals surface area contributed by atoms with Gasteiger partial charge in [-0.15, -0.1) is 0 Å². The maximum Gasteiger partial charge on any atom is 0.322 e. The standard InChI is InChI=1S/C11H16N2O2S/c1-15-11(14)10(12)4-7-16-8-9-2-5-13-6-3-9/h2-3,5-6,10H,4,7-8,12H2,1H3. The Morgan fingerprint density at radius 3 is 2.88 bits per heavy atom. The molecule has 0 spiro atoms. The number of methoxy groups -OCH3 is 1. The molecule has 1 heterocycles. The van der Waals surface area contributed by atoms with E-state index in [9.17, 15) is 4.79 Å². The van der Waals surface area contributed by atoms with E-state index in [0.29, 0.717) is 6.42 Å². The minimum atomic E-state index is -0.505. The average molecular weight is 240 g/mol. The monoisotopic (exact) mass is 240 g/mol. The van der Waals surface area contributed by atoms with Gasteiger partial charge in [0.25, 0.3) is 0 Å². The summed E-state index contributed by atoms with van der Waals surface area (Å²) in [6, 6.07) is 3.45. The Balaban J connectivity index is 2.15. The van der Waals surface area contributed by atoms with Gasteiger partial charge in [0, 0.05) is 18.1 Å². The first-order valence-electron chi connectivity index (χ1n) is 5.04. The van der Waals surface area contributed by atoms with Crippen LogP contribution in [0.4, 0.5) is 0 Å². The van der Waals surface area contributed by atoms with E-state index in [-0.39, 0.29) is 5.97 Å². The van der Waals surface area contributed by atoms with Crippen LogP contribution in [0.2, 0.25) is 0 Å². The van der Waals surface area contributed by atoms with Crippen molar-refractivity contribution in [1.82, 2.24) is 4.98 Å². The van der Waals surface area contributed by atoms with E-state index in [0.717, 1.165) is 11.5 Å². The summed E-state index contributed by atoms with van der Waals surface area (Å²) in [4.78, 5) is 15.0. The molecule has 1 aromatic rings. The van der Waals surface area contributed by atoms with E-state index in [2.05, 4.69) is 9.72 Å². The van der Waals surface area contributed by atoms with E-state index in [1.807, 2.05) is 12.1 Å². The molecule has 0 aliphatic rings. The molecule has 0 radical (unpaired) electrons. The van der Waals surface area contributed by atoms with E-state index < -0.39 is 6.04 Å². The van der Waals surface area contributed by atoms with Crippen molar-refractivity contribution < 1.29 is 9.53 Å². The summed E-state index contributed by atoms with van der Waals surface area (Å²) >= 11 is 1.75. The molecule has 0 saturated carbocycles. The van der Waals surface area contributed by atoms with Crippen molar-refractivity contribution in [3.63, 3.8) is 0 Å². The summed E-state index contributed by atoms with van der Waals surface area (Å²) in [5, 5.41) is 0. The molecule has 16 heavy (non-hydrogen) atoms. The topological polar surface area (TPSA) is 65.2 Å². The van der Waals surface area contributed by atoms with Gasteiger partial charge in [0.15, 0.2) is 0 Å². The SMILES string of the molecule is COC(=O)C(N)CCSCc1ccncc1. The molecule has 0 fully saturated rings. The highest BCUT2D eigenvalue weighted by Gasteiger charge is 2.12. The first-order chi connectivity index (χ1) is 7.74.